The molecule has 3 rings (SSSR count). The zero-order valence-electron chi connectivity index (χ0n) is 10.3. The van der Waals surface area contributed by atoms with Crippen LogP contribution in [0.2, 0.25) is 0 Å². The van der Waals surface area contributed by atoms with Gasteiger partial charge in [0.05, 0.1) is 0 Å². The van der Waals surface area contributed by atoms with E-state index in [1.807, 2.05) is 0 Å². The molecule has 1 aliphatic heterocycles. The average Bonchev–Trinajstić information content (AvgIpc) is 3.13. The maximum atomic E-state index is 6.08. The standard InChI is InChI=1S/C13H25N3/c14-11-2-1-3-13(10-11)16-8-6-15(7-9-16)12-4-5-12/h11-13H,1-10,14H2/t11?,13-/m0/s1. The Hall–Kier alpha value is -0.120. The topological polar surface area (TPSA) is 32.5 Å². The van der Waals surface area contributed by atoms with Crippen LogP contribution in [0.25, 0.3) is 0 Å². The Morgan fingerprint density at radius 3 is 1.94 bits per heavy atom. The van der Waals surface area contributed by atoms with Gasteiger partial charge < -0.3 is 5.73 Å². The zero-order chi connectivity index (χ0) is 11.0. The number of nitrogens with zero attached hydrogens (tertiary/aromatic N) is 2. The van der Waals surface area contributed by atoms with Crippen molar-refractivity contribution in [2.45, 2.75) is 56.7 Å². The third-order valence-corrected chi connectivity index (χ3v) is 4.62. The number of rotatable bonds is 2. The summed E-state index contributed by atoms with van der Waals surface area (Å²) in [4.78, 5) is 5.40. The predicted octanol–water partition coefficient (Wildman–Crippen LogP) is 1.04. The molecule has 0 aromatic carbocycles. The Kier molecular flexibility index (Phi) is 3.18. The molecule has 0 amide bonds. The maximum absolute atomic E-state index is 6.08. The molecule has 2 aliphatic carbocycles. The molecule has 1 unspecified atom stereocenters. The monoisotopic (exact) mass is 223 g/mol. The quantitative estimate of drug-likeness (QED) is 0.759. The molecule has 0 bridgehead atoms. The van der Waals surface area contributed by atoms with Crippen molar-refractivity contribution in [2.24, 2.45) is 5.73 Å². The lowest BCUT2D eigenvalue weighted by molar-refractivity contribution is 0.0716. The first-order valence-electron chi connectivity index (χ1n) is 7.06. The van der Waals surface area contributed by atoms with Crippen molar-refractivity contribution in [1.29, 1.82) is 0 Å². The van der Waals surface area contributed by atoms with E-state index < -0.39 is 0 Å². The summed E-state index contributed by atoms with van der Waals surface area (Å²) in [6.07, 6.45) is 8.12. The van der Waals surface area contributed by atoms with E-state index in [9.17, 15) is 0 Å². The number of hydrogen-bond acceptors (Lipinski definition) is 3. The van der Waals surface area contributed by atoms with Gasteiger partial charge in [-0.1, -0.05) is 6.42 Å². The van der Waals surface area contributed by atoms with Gasteiger partial charge in [0.25, 0.3) is 0 Å². The highest BCUT2D eigenvalue weighted by atomic mass is 15.3. The van der Waals surface area contributed by atoms with Crippen LogP contribution in [0.1, 0.15) is 38.5 Å². The summed E-state index contributed by atoms with van der Waals surface area (Å²) in [6, 6.07) is 2.22. The Bertz CT molecular complexity index is 231. The van der Waals surface area contributed by atoms with Crippen LogP contribution >= 0.6 is 0 Å². The van der Waals surface area contributed by atoms with Crippen LogP contribution < -0.4 is 5.73 Å². The van der Waals surface area contributed by atoms with Gasteiger partial charge in [-0.3, -0.25) is 9.80 Å². The van der Waals surface area contributed by atoms with Crippen LogP contribution in [0.4, 0.5) is 0 Å². The van der Waals surface area contributed by atoms with E-state index in [1.54, 1.807) is 0 Å². The summed E-state index contributed by atoms with van der Waals surface area (Å²) in [5, 5.41) is 0. The van der Waals surface area contributed by atoms with Gasteiger partial charge in [-0.25, -0.2) is 0 Å². The van der Waals surface area contributed by atoms with Crippen LogP contribution in [0.5, 0.6) is 0 Å². The molecule has 2 N–H and O–H groups in total. The molecule has 3 heteroatoms. The lowest BCUT2D eigenvalue weighted by Crippen LogP contribution is -2.52. The molecule has 1 heterocycles. The number of piperazine rings is 1. The van der Waals surface area contributed by atoms with Crippen molar-refractivity contribution in [2.75, 3.05) is 26.2 Å². The molecule has 3 fully saturated rings. The van der Waals surface area contributed by atoms with Crippen molar-refractivity contribution in [3.8, 4) is 0 Å². The largest absolute Gasteiger partial charge is 0.328 e. The van der Waals surface area contributed by atoms with Crippen molar-refractivity contribution in [3.05, 3.63) is 0 Å². The summed E-state index contributed by atoms with van der Waals surface area (Å²) < 4.78 is 0. The molecule has 0 aromatic heterocycles. The molecule has 2 atom stereocenters. The molecule has 1 saturated heterocycles. The lowest BCUT2D eigenvalue weighted by atomic mass is 9.90. The van der Waals surface area contributed by atoms with Crippen molar-refractivity contribution >= 4 is 0 Å². The second kappa shape index (κ2) is 4.63. The van der Waals surface area contributed by atoms with Crippen LogP contribution in [0.15, 0.2) is 0 Å². The smallest absolute Gasteiger partial charge is 0.0113 e. The Morgan fingerprint density at radius 2 is 1.38 bits per heavy atom. The minimum Gasteiger partial charge on any atom is -0.328 e. The van der Waals surface area contributed by atoms with Crippen LogP contribution in [-0.4, -0.2) is 54.1 Å². The van der Waals surface area contributed by atoms with E-state index in [0.29, 0.717) is 6.04 Å². The molecular formula is C13H25N3. The van der Waals surface area contributed by atoms with E-state index in [1.165, 1.54) is 64.7 Å². The van der Waals surface area contributed by atoms with Crippen molar-refractivity contribution in [1.82, 2.24) is 9.80 Å². The van der Waals surface area contributed by atoms with E-state index in [0.717, 1.165) is 12.1 Å². The molecule has 3 aliphatic rings. The Balaban J connectivity index is 1.48. The molecule has 0 aromatic rings. The van der Waals surface area contributed by atoms with Gasteiger partial charge in [-0.05, 0) is 32.1 Å². The molecule has 0 spiro atoms. The summed E-state index contributed by atoms with van der Waals surface area (Å²) in [6.45, 7) is 5.18. The van der Waals surface area contributed by atoms with Gasteiger partial charge in [0.15, 0.2) is 0 Å². The lowest BCUT2D eigenvalue weighted by Gasteiger charge is -2.42. The van der Waals surface area contributed by atoms with Gasteiger partial charge in [0.1, 0.15) is 0 Å². The fourth-order valence-corrected chi connectivity index (χ4v) is 3.44. The van der Waals surface area contributed by atoms with Crippen molar-refractivity contribution < 1.29 is 0 Å². The maximum Gasteiger partial charge on any atom is 0.0113 e. The van der Waals surface area contributed by atoms with Gasteiger partial charge >= 0.3 is 0 Å². The molecular weight excluding hydrogens is 198 g/mol. The van der Waals surface area contributed by atoms with E-state index >= 15 is 0 Å². The summed E-state index contributed by atoms with van der Waals surface area (Å²) in [7, 11) is 0. The van der Waals surface area contributed by atoms with Crippen LogP contribution in [0, 0.1) is 0 Å². The Morgan fingerprint density at radius 1 is 0.750 bits per heavy atom. The summed E-state index contributed by atoms with van der Waals surface area (Å²) >= 11 is 0. The zero-order valence-corrected chi connectivity index (χ0v) is 10.3. The van der Waals surface area contributed by atoms with Crippen LogP contribution in [0.3, 0.4) is 0 Å². The van der Waals surface area contributed by atoms with Gasteiger partial charge in [0, 0.05) is 44.3 Å². The highest BCUT2D eigenvalue weighted by molar-refractivity contribution is 4.90. The first-order valence-corrected chi connectivity index (χ1v) is 7.06. The second-order valence-electron chi connectivity index (χ2n) is 5.88. The normalized spacial score (nSPS) is 38.8. The highest BCUT2D eigenvalue weighted by Crippen LogP contribution is 2.29. The summed E-state index contributed by atoms with van der Waals surface area (Å²) in [5.74, 6) is 0. The second-order valence-corrected chi connectivity index (χ2v) is 5.88. The van der Waals surface area contributed by atoms with Gasteiger partial charge in [-0.2, -0.15) is 0 Å². The third-order valence-electron chi connectivity index (χ3n) is 4.62. The number of hydrogen-bond donors (Lipinski definition) is 1. The van der Waals surface area contributed by atoms with Gasteiger partial charge in [-0.15, -0.1) is 0 Å². The third kappa shape index (κ3) is 2.41. The Labute approximate surface area is 99.0 Å². The molecule has 3 nitrogen and oxygen atoms in total. The minimum absolute atomic E-state index is 0.472. The fourth-order valence-electron chi connectivity index (χ4n) is 3.44. The van der Waals surface area contributed by atoms with E-state index in [-0.39, 0.29) is 0 Å². The molecule has 16 heavy (non-hydrogen) atoms. The first-order chi connectivity index (χ1) is 7.83. The summed E-state index contributed by atoms with van der Waals surface area (Å²) in [5.41, 5.74) is 6.08. The highest BCUT2D eigenvalue weighted by Gasteiger charge is 2.33. The minimum atomic E-state index is 0.472. The van der Waals surface area contributed by atoms with E-state index in [4.69, 9.17) is 5.73 Å². The molecule has 92 valence electrons. The number of nitrogens with two attached hydrogens (primary N) is 1. The van der Waals surface area contributed by atoms with E-state index in [2.05, 4.69) is 9.80 Å². The average molecular weight is 223 g/mol. The van der Waals surface area contributed by atoms with Gasteiger partial charge in [0.2, 0.25) is 0 Å². The molecule has 2 saturated carbocycles. The fraction of sp³-hybridized carbons (Fsp3) is 1.00. The molecule has 0 radical (unpaired) electrons. The van der Waals surface area contributed by atoms with Crippen molar-refractivity contribution in [3.63, 3.8) is 0 Å². The SMILES string of the molecule is NC1CCC[C@H](N2CCN(C3CC3)CC2)C1. The van der Waals surface area contributed by atoms with Crippen LogP contribution in [-0.2, 0) is 0 Å². The first kappa shape index (κ1) is 11.0. The predicted molar refractivity (Wildman–Crippen MR) is 66.4 cm³/mol.